The van der Waals surface area contributed by atoms with Gasteiger partial charge in [0.1, 0.15) is 0 Å². The lowest BCUT2D eigenvalue weighted by Gasteiger charge is -2.35. The molecule has 0 radical (unpaired) electrons. The molecule has 1 aliphatic rings. The van der Waals surface area contributed by atoms with E-state index in [-0.39, 0.29) is 12.4 Å². The van der Waals surface area contributed by atoms with Crippen LogP contribution in [0.4, 0.5) is 0 Å². The van der Waals surface area contributed by atoms with Gasteiger partial charge in [0.25, 0.3) is 0 Å². The van der Waals surface area contributed by atoms with Gasteiger partial charge >= 0.3 is 0 Å². The van der Waals surface area contributed by atoms with Gasteiger partial charge < -0.3 is 5.32 Å². The molecule has 0 aliphatic carbocycles. The average molecular weight is 267 g/mol. The Morgan fingerprint density at radius 3 is 2.72 bits per heavy atom. The van der Waals surface area contributed by atoms with Gasteiger partial charge in [-0.05, 0) is 17.5 Å². The molecule has 1 aliphatic heterocycles. The van der Waals surface area contributed by atoms with E-state index < -0.39 is 0 Å². The number of hydrogen-bond acceptors (Lipinski definition) is 2. The molecule has 0 bridgehead atoms. The fraction of sp³-hybridized carbons (Fsp3) is 0.467. The van der Waals surface area contributed by atoms with Crippen molar-refractivity contribution in [2.24, 2.45) is 0 Å². The highest BCUT2D eigenvalue weighted by molar-refractivity contribution is 5.85. The van der Waals surface area contributed by atoms with Crippen LogP contribution < -0.4 is 5.32 Å². The van der Waals surface area contributed by atoms with Crippen LogP contribution in [0.5, 0.6) is 0 Å². The van der Waals surface area contributed by atoms with E-state index in [0.29, 0.717) is 6.04 Å². The minimum absolute atomic E-state index is 0. The molecule has 1 aromatic carbocycles. The summed E-state index contributed by atoms with van der Waals surface area (Å²) in [5, 5.41) is 3.47. The molecule has 1 atom stereocenters. The summed E-state index contributed by atoms with van der Waals surface area (Å²) in [6.07, 6.45) is 3.11. The summed E-state index contributed by atoms with van der Waals surface area (Å²) in [6, 6.07) is 9.53. The Bertz CT molecular complexity index is 361. The highest BCUT2D eigenvalue weighted by Gasteiger charge is 2.22. The van der Waals surface area contributed by atoms with E-state index in [4.69, 9.17) is 0 Å². The monoisotopic (exact) mass is 266 g/mol. The van der Waals surface area contributed by atoms with Crippen LogP contribution in [-0.2, 0) is 6.42 Å². The van der Waals surface area contributed by atoms with E-state index in [1.165, 1.54) is 11.1 Å². The summed E-state index contributed by atoms with van der Waals surface area (Å²) >= 11 is 0. The zero-order valence-corrected chi connectivity index (χ0v) is 11.9. The van der Waals surface area contributed by atoms with Gasteiger partial charge in [0.15, 0.2) is 0 Å². The quantitative estimate of drug-likeness (QED) is 0.843. The van der Waals surface area contributed by atoms with Crippen LogP contribution in [0.1, 0.15) is 24.1 Å². The van der Waals surface area contributed by atoms with Crippen molar-refractivity contribution in [3.05, 3.63) is 48.0 Å². The first-order chi connectivity index (χ1) is 8.35. The number of piperazine rings is 1. The van der Waals surface area contributed by atoms with Gasteiger partial charge in [-0.25, -0.2) is 0 Å². The predicted octanol–water partition coefficient (Wildman–Crippen LogP) is 2.80. The Hall–Kier alpha value is -0.830. The maximum Gasteiger partial charge on any atom is 0.0476 e. The van der Waals surface area contributed by atoms with E-state index in [9.17, 15) is 0 Å². The van der Waals surface area contributed by atoms with Crippen molar-refractivity contribution in [2.75, 3.05) is 26.2 Å². The van der Waals surface area contributed by atoms with E-state index in [2.05, 4.69) is 48.0 Å². The Labute approximate surface area is 116 Å². The van der Waals surface area contributed by atoms with Crippen LogP contribution in [0.2, 0.25) is 0 Å². The first-order valence-electron chi connectivity index (χ1n) is 6.49. The second-order valence-electron chi connectivity index (χ2n) is 4.60. The zero-order valence-electron chi connectivity index (χ0n) is 11.1. The highest BCUT2D eigenvalue weighted by atomic mass is 35.5. The Morgan fingerprint density at radius 2 is 2.11 bits per heavy atom. The van der Waals surface area contributed by atoms with Crippen molar-refractivity contribution >= 4 is 12.4 Å². The molecule has 0 spiro atoms. The molecule has 100 valence electrons. The summed E-state index contributed by atoms with van der Waals surface area (Å²) < 4.78 is 0. The second-order valence-corrected chi connectivity index (χ2v) is 4.60. The lowest BCUT2D eigenvalue weighted by molar-refractivity contribution is 0.180. The highest BCUT2D eigenvalue weighted by Crippen LogP contribution is 2.22. The molecular weight excluding hydrogens is 244 g/mol. The minimum atomic E-state index is 0. The standard InChI is InChI=1S/C15H22N2.ClH/c1-3-10-17-11-9-16-12-15(17)14-7-5-13(4-2)6-8-14;/h3,5-8,15-16H,1,4,9-12H2,2H3;1H. The van der Waals surface area contributed by atoms with Gasteiger partial charge in [-0.3, -0.25) is 4.90 Å². The van der Waals surface area contributed by atoms with Crippen molar-refractivity contribution in [1.82, 2.24) is 10.2 Å². The predicted molar refractivity (Wildman–Crippen MR) is 80.4 cm³/mol. The minimum Gasteiger partial charge on any atom is -0.314 e. The van der Waals surface area contributed by atoms with Crippen LogP contribution in [0.15, 0.2) is 36.9 Å². The average Bonchev–Trinajstić information content (AvgIpc) is 2.40. The first kappa shape index (κ1) is 15.2. The number of halogens is 1. The third-order valence-corrected chi connectivity index (χ3v) is 3.49. The van der Waals surface area contributed by atoms with E-state index in [0.717, 1.165) is 32.6 Å². The topological polar surface area (TPSA) is 15.3 Å². The summed E-state index contributed by atoms with van der Waals surface area (Å²) in [6.45, 7) is 10.2. The number of hydrogen-bond donors (Lipinski definition) is 1. The van der Waals surface area contributed by atoms with Crippen LogP contribution in [0, 0.1) is 0 Å². The van der Waals surface area contributed by atoms with Crippen molar-refractivity contribution in [2.45, 2.75) is 19.4 Å². The Kier molecular flexibility index (Phi) is 6.41. The molecule has 2 rings (SSSR count). The van der Waals surface area contributed by atoms with Gasteiger partial charge in [0.2, 0.25) is 0 Å². The molecule has 1 heterocycles. The van der Waals surface area contributed by atoms with Crippen LogP contribution >= 0.6 is 12.4 Å². The van der Waals surface area contributed by atoms with Crippen LogP contribution in [0.3, 0.4) is 0 Å². The number of rotatable bonds is 4. The number of nitrogens with zero attached hydrogens (tertiary/aromatic N) is 1. The third kappa shape index (κ3) is 3.58. The van der Waals surface area contributed by atoms with E-state index in [1.807, 2.05) is 6.08 Å². The molecule has 1 unspecified atom stereocenters. The van der Waals surface area contributed by atoms with Gasteiger partial charge in [-0.2, -0.15) is 0 Å². The number of nitrogens with one attached hydrogen (secondary N) is 1. The molecule has 3 heteroatoms. The summed E-state index contributed by atoms with van der Waals surface area (Å²) in [5.74, 6) is 0. The fourth-order valence-electron chi connectivity index (χ4n) is 2.43. The molecule has 2 nitrogen and oxygen atoms in total. The van der Waals surface area contributed by atoms with Crippen molar-refractivity contribution in [3.63, 3.8) is 0 Å². The molecular formula is C15H23ClN2. The van der Waals surface area contributed by atoms with Crippen LogP contribution in [-0.4, -0.2) is 31.1 Å². The Balaban J connectivity index is 0.00000162. The number of aryl methyl sites for hydroxylation is 1. The lowest BCUT2D eigenvalue weighted by atomic mass is 10.0. The van der Waals surface area contributed by atoms with Gasteiger partial charge in [-0.1, -0.05) is 37.3 Å². The maximum absolute atomic E-state index is 3.85. The van der Waals surface area contributed by atoms with Gasteiger partial charge in [0, 0.05) is 32.2 Å². The van der Waals surface area contributed by atoms with Gasteiger partial charge in [0.05, 0.1) is 0 Å². The maximum atomic E-state index is 3.85. The van der Waals surface area contributed by atoms with Crippen molar-refractivity contribution in [3.8, 4) is 0 Å². The van der Waals surface area contributed by atoms with Gasteiger partial charge in [-0.15, -0.1) is 19.0 Å². The smallest absolute Gasteiger partial charge is 0.0476 e. The molecule has 1 fully saturated rings. The molecule has 18 heavy (non-hydrogen) atoms. The summed E-state index contributed by atoms with van der Waals surface area (Å²) in [7, 11) is 0. The molecule has 0 amide bonds. The SMILES string of the molecule is C=CCN1CCNCC1c1ccc(CC)cc1.Cl. The molecule has 1 aromatic rings. The fourth-order valence-corrected chi connectivity index (χ4v) is 2.43. The molecule has 1 N–H and O–H groups in total. The molecule has 0 aromatic heterocycles. The van der Waals surface area contributed by atoms with E-state index >= 15 is 0 Å². The van der Waals surface area contributed by atoms with Crippen molar-refractivity contribution in [1.29, 1.82) is 0 Å². The largest absolute Gasteiger partial charge is 0.314 e. The third-order valence-electron chi connectivity index (χ3n) is 3.49. The molecule has 1 saturated heterocycles. The lowest BCUT2D eigenvalue weighted by Crippen LogP contribution is -2.45. The summed E-state index contributed by atoms with van der Waals surface area (Å²) in [5.41, 5.74) is 2.82. The normalized spacial score (nSPS) is 20.2. The van der Waals surface area contributed by atoms with E-state index in [1.54, 1.807) is 0 Å². The Morgan fingerprint density at radius 1 is 1.39 bits per heavy atom. The van der Waals surface area contributed by atoms with Crippen LogP contribution in [0.25, 0.3) is 0 Å². The van der Waals surface area contributed by atoms with Crippen molar-refractivity contribution < 1.29 is 0 Å². The molecule has 0 saturated carbocycles. The summed E-state index contributed by atoms with van der Waals surface area (Å²) in [4.78, 5) is 2.49. The number of benzene rings is 1. The zero-order chi connectivity index (χ0) is 12.1. The second kappa shape index (κ2) is 7.57. The first-order valence-corrected chi connectivity index (χ1v) is 6.49.